The minimum Gasteiger partial charge on any atom is -0.479 e. The van der Waals surface area contributed by atoms with Crippen molar-refractivity contribution in [2.24, 2.45) is 12.5 Å². The number of carbonyl (C=O) groups excluding carboxylic acids is 1. The molecule has 2 rings (SSSR count). The summed E-state index contributed by atoms with van der Waals surface area (Å²) in [5.74, 6) is -1.44. The molecule has 1 aliphatic rings. The zero-order valence-electron chi connectivity index (χ0n) is 14.6. The highest BCUT2D eigenvalue weighted by Crippen LogP contribution is 2.51. The zero-order valence-corrected chi connectivity index (χ0v) is 14.6. The van der Waals surface area contributed by atoms with Gasteiger partial charge in [-0.1, -0.05) is 13.8 Å². The van der Waals surface area contributed by atoms with E-state index in [-0.39, 0.29) is 12.5 Å². The van der Waals surface area contributed by atoms with E-state index < -0.39 is 22.8 Å². The molecule has 1 aromatic rings. The lowest BCUT2D eigenvalue weighted by Gasteiger charge is -2.58. The average Bonchev–Trinajstić information content (AvgIpc) is 2.70. The van der Waals surface area contributed by atoms with Crippen molar-refractivity contribution in [3.8, 4) is 0 Å². The van der Waals surface area contributed by atoms with Gasteiger partial charge in [-0.05, 0) is 20.8 Å². The van der Waals surface area contributed by atoms with Crippen LogP contribution < -0.4 is 5.32 Å². The molecule has 0 saturated heterocycles. The number of amides is 1. The average molecular weight is 323 g/mol. The third-order valence-electron chi connectivity index (χ3n) is 5.19. The number of carbonyl (C=O) groups is 2. The predicted octanol–water partition coefficient (Wildman–Crippen LogP) is 1.43. The van der Waals surface area contributed by atoms with Crippen molar-refractivity contribution in [3.05, 3.63) is 17.0 Å². The number of aromatic nitrogens is 2. The standard InChI is InChI=1S/C16H25N3O4/c1-7-23-11-8-16(14(21)22,15(11,4)5)17-13(20)12-9(2)18-19(6)10(12)3/h11H,7-8H2,1-6H3,(H,17,20)(H,21,22). The van der Waals surface area contributed by atoms with Crippen LogP contribution in [0.15, 0.2) is 0 Å². The molecule has 128 valence electrons. The molecular formula is C16H25N3O4. The van der Waals surface area contributed by atoms with Gasteiger partial charge in [0.1, 0.15) is 5.54 Å². The van der Waals surface area contributed by atoms with E-state index in [4.69, 9.17) is 4.74 Å². The molecule has 0 bridgehead atoms. The van der Waals surface area contributed by atoms with Crippen molar-refractivity contribution in [2.45, 2.75) is 52.7 Å². The first-order valence-electron chi connectivity index (χ1n) is 7.76. The van der Waals surface area contributed by atoms with Gasteiger partial charge in [0, 0.05) is 31.2 Å². The summed E-state index contributed by atoms with van der Waals surface area (Å²) in [7, 11) is 1.75. The number of carboxylic acids is 1. The monoisotopic (exact) mass is 323 g/mol. The van der Waals surface area contributed by atoms with E-state index >= 15 is 0 Å². The van der Waals surface area contributed by atoms with Gasteiger partial charge in [-0.3, -0.25) is 9.48 Å². The summed E-state index contributed by atoms with van der Waals surface area (Å²) < 4.78 is 7.22. The van der Waals surface area contributed by atoms with E-state index in [1.165, 1.54) is 0 Å². The second kappa shape index (κ2) is 5.63. The molecular weight excluding hydrogens is 298 g/mol. The molecule has 7 nitrogen and oxygen atoms in total. The Morgan fingerprint density at radius 1 is 1.43 bits per heavy atom. The summed E-state index contributed by atoms with van der Waals surface area (Å²) in [5, 5.41) is 16.7. The van der Waals surface area contributed by atoms with Gasteiger partial charge in [-0.2, -0.15) is 5.10 Å². The fraction of sp³-hybridized carbons (Fsp3) is 0.688. The van der Waals surface area contributed by atoms with Crippen LogP contribution in [0.3, 0.4) is 0 Å². The molecule has 23 heavy (non-hydrogen) atoms. The minimum absolute atomic E-state index is 0.194. The Morgan fingerprint density at radius 2 is 2.04 bits per heavy atom. The molecule has 2 N–H and O–H groups in total. The number of hydrogen-bond acceptors (Lipinski definition) is 4. The maximum Gasteiger partial charge on any atom is 0.330 e. The largest absolute Gasteiger partial charge is 0.479 e. The van der Waals surface area contributed by atoms with Crippen molar-refractivity contribution in [2.75, 3.05) is 6.61 Å². The van der Waals surface area contributed by atoms with Crippen molar-refractivity contribution in [3.63, 3.8) is 0 Å². The van der Waals surface area contributed by atoms with Crippen LogP contribution in [-0.4, -0.2) is 45.0 Å². The second-order valence-corrected chi connectivity index (χ2v) is 6.70. The van der Waals surface area contributed by atoms with Gasteiger partial charge in [0.05, 0.1) is 17.4 Å². The quantitative estimate of drug-likeness (QED) is 0.855. The van der Waals surface area contributed by atoms with Crippen molar-refractivity contribution >= 4 is 11.9 Å². The molecule has 2 atom stereocenters. The van der Waals surface area contributed by atoms with E-state index in [0.29, 0.717) is 23.6 Å². The lowest BCUT2D eigenvalue weighted by Crippen LogP contribution is -2.76. The summed E-state index contributed by atoms with van der Waals surface area (Å²) in [4.78, 5) is 24.6. The van der Waals surface area contributed by atoms with Gasteiger partial charge in [0.25, 0.3) is 5.91 Å². The van der Waals surface area contributed by atoms with Crippen molar-refractivity contribution in [1.82, 2.24) is 15.1 Å². The highest BCUT2D eigenvalue weighted by Gasteiger charge is 2.66. The number of nitrogens with one attached hydrogen (secondary N) is 1. The molecule has 1 fully saturated rings. The lowest BCUT2D eigenvalue weighted by molar-refractivity contribution is -0.190. The molecule has 0 aliphatic heterocycles. The summed E-state index contributed by atoms with van der Waals surface area (Å²) in [6.07, 6.45) is 0.0628. The number of rotatable bonds is 5. The Hall–Kier alpha value is -1.89. The predicted molar refractivity (Wildman–Crippen MR) is 84.3 cm³/mol. The highest BCUT2D eigenvalue weighted by molar-refractivity contribution is 6.00. The first-order chi connectivity index (χ1) is 10.6. The zero-order chi connectivity index (χ0) is 17.6. The molecule has 1 aliphatic carbocycles. The number of aliphatic carboxylic acids is 1. The first-order valence-corrected chi connectivity index (χ1v) is 7.76. The SMILES string of the molecule is CCOC1CC(NC(=O)c2c(C)nn(C)c2C)(C(=O)O)C1(C)C. The molecule has 1 amide bonds. The van der Waals surface area contributed by atoms with Gasteiger partial charge in [-0.25, -0.2) is 4.79 Å². The van der Waals surface area contributed by atoms with Crippen LogP contribution >= 0.6 is 0 Å². The smallest absolute Gasteiger partial charge is 0.330 e. The summed E-state index contributed by atoms with van der Waals surface area (Å²) >= 11 is 0. The molecule has 1 aromatic heterocycles. The van der Waals surface area contributed by atoms with Crippen LogP contribution in [0.1, 0.15) is 48.9 Å². The van der Waals surface area contributed by atoms with Crippen LogP contribution in [0.5, 0.6) is 0 Å². The van der Waals surface area contributed by atoms with E-state index in [0.717, 1.165) is 0 Å². The van der Waals surface area contributed by atoms with Crippen molar-refractivity contribution < 1.29 is 19.4 Å². The number of nitrogens with zero attached hydrogens (tertiary/aromatic N) is 2. The van der Waals surface area contributed by atoms with Gasteiger partial charge in [0.15, 0.2) is 0 Å². The van der Waals surface area contributed by atoms with Crippen LogP contribution in [0.25, 0.3) is 0 Å². The number of aryl methyl sites for hydroxylation is 2. The van der Waals surface area contributed by atoms with Gasteiger partial charge < -0.3 is 15.2 Å². The third kappa shape index (κ3) is 2.43. The molecule has 0 aromatic carbocycles. The lowest BCUT2D eigenvalue weighted by atomic mass is 9.54. The molecule has 7 heteroatoms. The van der Waals surface area contributed by atoms with Crippen LogP contribution in [0.2, 0.25) is 0 Å². The number of carboxylic acid groups (broad SMARTS) is 1. The Kier molecular flexibility index (Phi) is 4.28. The maximum atomic E-state index is 12.7. The van der Waals surface area contributed by atoms with Gasteiger partial charge in [0.2, 0.25) is 0 Å². The van der Waals surface area contributed by atoms with E-state index in [9.17, 15) is 14.7 Å². The Bertz CT molecular complexity index is 650. The summed E-state index contributed by atoms with van der Waals surface area (Å²) in [5.41, 5.74) is -0.308. The van der Waals surface area contributed by atoms with Crippen molar-refractivity contribution in [1.29, 1.82) is 0 Å². The summed E-state index contributed by atoms with van der Waals surface area (Å²) in [6.45, 7) is 9.54. The van der Waals surface area contributed by atoms with Crippen LogP contribution in [-0.2, 0) is 16.6 Å². The van der Waals surface area contributed by atoms with Crippen LogP contribution in [0, 0.1) is 19.3 Å². The van der Waals surface area contributed by atoms with Crippen LogP contribution in [0.4, 0.5) is 0 Å². The third-order valence-corrected chi connectivity index (χ3v) is 5.19. The normalized spacial score (nSPS) is 25.7. The van der Waals surface area contributed by atoms with E-state index in [1.54, 1.807) is 25.6 Å². The van der Waals surface area contributed by atoms with E-state index in [2.05, 4.69) is 10.4 Å². The molecule has 1 saturated carbocycles. The van der Waals surface area contributed by atoms with Gasteiger partial charge >= 0.3 is 5.97 Å². The molecule has 0 spiro atoms. The number of ether oxygens (including phenoxy) is 1. The summed E-state index contributed by atoms with van der Waals surface area (Å²) in [6, 6.07) is 0. The van der Waals surface area contributed by atoms with Gasteiger partial charge in [-0.15, -0.1) is 0 Å². The minimum atomic E-state index is -1.33. The Morgan fingerprint density at radius 3 is 2.43 bits per heavy atom. The maximum absolute atomic E-state index is 12.7. The first kappa shape index (κ1) is 17.5. The molecule has 1 heterocycles. The highest BCUT2D eigenvalue weighted by atomic mass is 16.5. The Balaban J connectivity index is 2.32. The molecule has 0 radical (unpaired) electrons. The fourth-order valence-electron chi connectivity index (χ4n) is 3.40. The van der Waals surface area contributed by atoms with E-state index in [1.807, 2.05) is 20.8 Å². The molecule has 2 unspecified atom stereocenters. The fourth-order valence-corrected chi connectivity index (χ4v) is 3.40. The topological polar surface area (TPSA) is 93.5 Å². The number of hydrogen-bond donors (Lipinski definition) is 2. The Labute approximate surface area is 136 Å². The second-order valence-electron chi connectivity index (χ2n) is 6.70.